The zero-order valence-electron chi connectivity index (χ0n) is 48.8. The Morgan fingerprint density at radius 3 is 0.875 bits per heavy atom. The van der Waals surface area contributed by atoms with E-state index in [0.717, 1.165) is 38.5 Å². The third-order valence-corrected chi connectivity index (χ3v) is 15.5. The van der Waals surface area contributed by atoms with Crippen LogP contribution in [0.1, 0.15) is 361 Å². The van der Waals surface area contributed by atoms with Crippen LogP contribution in [0.5, 0.6) is 0 Å². The van der Waals surface area contributed by atoms with Crippen LogP contribution in [0.25, 0.3) is 0 Å². The molecule has 3 unspecified atom stereocenters. The first kappa shape index (κ1) is 70.6. The van der Waals surface area contributed by atoms with Gasteiger partial charge in [-0.25, -0.2) is 0 Å². The highest BCUT2D eigenvalue weighted by molar-refractivity contribution is 5.80. The Morgan fingerprint density at radius 1 is 0.347 bits per heavy atom. The highest BCUT2D eigenvalue weighted by atomic mass is 16.3. The van der Waals surface area contributed by atoms with Gasteiger partial charge in [-0.2, -0.15) is 0 Å². The van der Waals surface area contributed by atoms with Crippen molar-refractivity contribution < 1.29 is 20.1 Å². The van der Waals surface area contributed by atoms with Crippen LogP contribution in [0, 0.1) is 0 Å². The number of nitrogens with one attached hydrogen (secondary N) is 1. The molecule has 0 radical (unpaired) electrons. The fraction of sp³-hybridized carbons (Fsp3) is 0.896. The number of aliphatic hydroxyl groups excluding tert-OH is 3. The molecule has 0 heterocycles. The maximum absolute atomic E-state index is 12.6. The van der Waals surface area contributed by atoms with Crippen LogP contribution in [0.15, 0.2) is 36.5 Å². The van der Waals surface area contributed by atoms with E-state index in [4.69, 9.17) is 0 Å². The Kier molecular flexibility index (Phi) is 60.9. The number of unbranched alkanes of at least 4 members (excludes halogenated alkanes) is 49. The van der Waals surface area contributed by atoms with Crippen molar-refractivity contribution in [2.75, 3.05) is 6.61 Å². The van der Waals surface area contributed by atoms with Crippen molar-refractivity contribution in [3.63, 3.8) is 0 Å². The minimum atomic E-state index is -1.10. The molecule has 0 aliphatic carbocycles. The highest BCUT2D eigenvalue weighted by Crippen LogP contribution is 2.18. The van der Waals surface area contributed by atoms with Gasteiger partial charge in [-0.15, -0.1) is 0 Å². The molecule has 4 N–H and O–H groups in total. The summed E-state index contributed by atoms with van der Waals surface area (Å²) in [5, 5.41) is 33.5. The van der Waals surface area contributed by atoms with Gasteiger partial charge in [0.2, 0.25) is 5.91 Å². The van der Waals surface area contributed by atoms with Gasteiger partial charge in [0.25, 0.3) is 0 Å². The second kappa shape index (κ2) is 62.1. The Bertz CT molecular complexity index is 1120. The molecule has 0 aliphatic heterocycles. The molecule has 0 aromatic carbocycles. The number of hydrogen-bond donors (Lipinski definition) is 4. The van der Waals surface area contributed by atoms with Crippen molar-refractivity contribution in [2.24, 2.45) is 0 Å². The lowest BCUT2D eigenvalue weighted by atomic mass is 10.0. The minimum absolute atomic E-state index is 0.361. The molecule has 0 saturated heterocycles. The van der Waals surface area contributed by atoms with Gasteiger partial charge in [-0.05, 0) is 51.4 Å². The summed E-state index contributed by atoms with van der Waals surface area (Å²) in [6.07, 6.45) is 82.6. The zero-order valence-corrected chi connectivity index (χ0v) is 48.8. The van der Waals surface area contributed by atoms with Gasteiger partial charge in [-0.3, -0.25) is 4.79 Å². The fourth-order valence-corrected chi connectivity index (χ4v) is 10.4. The maximum atomic E-state index is 12.6. The van der Waals surface area contributed by atoms with E-state index < -0.39 is 24.2 Å². The van der Waals surface area contributed by atoms with E-state index in [9.17, 15) is 20.1 Å². The molecule has 5 nitrogen and oxygen atoms in total. The van der Waals surface area contributed by atoms with Gasteiger partial charge in [-0.1, -0.05) is 346 Å². The minimum Gasteiger partial charge on any atom is -0.394 e. The molecule has 0 aromatic heterocycles. The molecule has 426 valence electrons. The topological polar surface area (TPSA) is 89.8 Å². The van der Waals surface area contributed by atoms with Gasteiger partial charge in [0.05, 0.1) is 18.8 Å². The lowest BCUT2D eigenvalue weighted by Crippen LogP contribution is -2.48. The number of rotatable bonds is 61. The number of allylic oxidation sites excluding steroid dienone is 5. The fourth-order valence-electron chi connectivity index (χ4n) is 10.4. The Morgan fingerprint density at radius 2 is 0.597 bits per heavy atom. The van der Waals surface area contributed by atoms with Crippen molar-refractivity contribution in [3.05, 3.63) is 36.5 Å². The van der Waals surface area contributed by atoms with Crippen LogP contribution in [0.2, 0.25) is 0 Å². The maximum Gasteiger partial charge on any atom is 0.249 e. The molecular weight excluding hydrogens is 883 g/mol. The quantitative estimate of drug-likeness (QED) is 0.0361. The summed E-state index contributed by atoms with van der Waals surface area (Å²) >= 11 is 0. The van der Waals surface area contributed by atoms with E-state index in [1.807, 2.05) is 6.08 Å². The van der Waals surface area contributed by atoms with E-state index in [-0.39, 0.29) is 6.61 Å². The number of carbonyl (C=O) groups is 1. The van der Waals surface area contributed by atoms with Crippen LogP contribution in [-0.4, -0.2) is 46.1 Å². The molecule has 0 fully saturated rings. The average molecular weight is 1010 g/mol. The molecule has 0 spiro atoms. The zero-order chi connectivity index (χ0) is 52.2. The van der Waals surface area contributed by atoms with Crippen LogP contribution >= 0.6 is 0 Å². The predicted molar refractivity (Wildman–Crippen MR) is 319 cm³/mol. The van der Waals surface area contributed by atoms with Gasteiger partial charge >= 0.3 is 0 Å². The smallest absolute Gasteiger partial charge is 0.249 e. The summed E-state index contributed by atoms with van der Waals surface area (Å²) in [5.41, 5.74) is 0. The molecule has 72 heavy (non-hydrogen) atoms. The monoisotopic (exact) mass is 1010 g/mol. The van der Waals surface area contributed by atoms with Gasteiger partial charge in [0.15, 0.2) is 0 Å². The van der Waals surface area contributed by atoms with Gasteiger partial charge in [0.1, 0.15) is 6.10 Å². The number of amides is 1. The molecule has 0 aliphatic rings. The number of hydrogen-bond acceptors (Lipinski definition) is 4. The number of carbonyl (C=O) groups excluding carboxylic acids is 1. The Labute approximate surface area is 451 Å². The average Bonchev–Trinajstić information content (AvgIpc) is 3.39. The lowest BCUT2D eigenvalue weighted by molar-refractivity contribution is -0.131. The van der Waals surface area contributed by atoms with Crippen LogP contribution < -0.4 is 5.32 Å². The SMILES string of the molecule is CCCCCCCCCCCCC/C=C\C/C=C\CCCCCCCCCCCCCCCCCCC(O)C(=O)NC(CO)C(O)/C=C/CCCCCCCCCCCCCCCCCCCCCCCC. The third kappa shape index (κ3) is 56.3. The summed E-state index contributed by atoms with van der Waals surface area (Å²) < 4.78 is 0. The molecule has 0 rings (SSSR count). The van der Waals surface area contributed by atoms with Gasteiger partial charge < -0.3 is 20.6 Å². The highest BCUT2D eigenvalue weighted by Gasteiger charge is 2.22. The summed E-state index contributed by atoms with van der Waals surface area (Å²) in [4.78, 5) is 12.6. The predicted octanol–water partition coefficient (Wildman–Crippen LogP) is 21.0. The van der Waals surface area contributed by atoms with E-state index in [2.05, 4.69) is 43.5 Å². The first-order chi connectivity index (χ1) is 35.6. The summed E-state index contributed by atoms with van der Waals surface area (Å²) in [7, 11) is 0. The Balaban J connectivity index is 3.52. The molecule has 0 saturated carbocycles. The van der Waals surface area contributed by atoms with Crippen molar-refractivity contribution in [3.8, 4) is 0 Å². The molecule has 1 amide bonds. The molecule has 0 bridgehead atoms. The van der Waals surface area contributed by atoms with Crippen molar-refractivity contribution in [1.82, 2.24) is 5.32 Å². The van der Waals surface area contributed by atoms with Crippen molar-refractivity contribution in [1.29, 1.82) is 0 Å². The lowest BCUT2D eigenvalue weighted by Gasteiger charge is -2.21. The normalized spacial score (nSPS) is 13.3. The largest absolute Gasteiger partial charge is 0.394 e. The first-order valence-electron chi connectivity index (χ1n) is 32.8. The van der Waals surface area contributed by atoms with E-state index in [1.165, 1.54) is 302 Å². The molecular formula is C67H129NO4. The summed E-state index contributed by atoms with van der Waals surface area (Å²) in [5.74, 6) is -0.497. The van der Waals surface area contributed by atoms with Gasteiger partial charge in [0, 0.05) is 0 Å². The van der Waals surface area contributed by atoms with E-state index in [0.29, 0.717) is 6.42 Å². The summed E-state index contributed by atoms with van der Waals surface area (Å²) in [6, 6.07) is -0.799. The second-order valence-electron chi connectivity index (χ2n) is 22.7. The third-order valence-electron chi connectivity index (χ3n) is 15.5. The summed E-state index contributed by atoms with van der Waals surface area (Å²) in [6.45, 7) is 4.23. The van der Waals surface area contributed by atoms with E-state index >= 15 is 0 Å². The number of aliphatic hydroxyl groups is 3. The van der Waals surface area contributed by atoms with E-state index in [1.54, 1.807) is 6.08 Å². The van der Waals surface area contributed by atoms with Crippen molar-refractivity contribution >= 4 is 5.91 Å². The second-order valence-corrected chi connectivity index (χ2v) is 22.7. The van der Waals surface area contributed by atoms with Crippen LogP contribution in [0.3, 0.4) is 0 Å². The standard InChI is InChI=1S/C67H129NO4/c1-3-5-7-9-11-13-15-17-19-21-23-25-27-29-30-31-32-33-34-35-36-37-38-40-42-44-46-48-50-52-54-56-58-60-62-66(71)67(72)68-64(63-69)65(70)61-59-57-55-53-51-49-47-45-43-41-39-28-26-24-22-20-18-16-14-12-10-8-6-4-2/h27,29,31-32,59,61,64-66,69-71H,3-26,28,30,33-58,60,62-63H2,1-2H3,(H,68,72)/b29-27-,32-31-,61-59+. The molecule has 3 atom stereocenters. The molecule has 5 heteroatoms. The first-order valence-corrected chi connectivity index (χ1v) is 32.8. The molecule has 0 aromatic rings. The van der Waals surface area contributed by atoms with Crippen LogP contribution in [0.4, 0.5) is 0 Å². The Hall–Kier alpha value is -1.43. The van der Waals surface area contributed by atoms with Crippen molar-refractivity contribution in [2.45, 2.75) is 379 Å². The van der Waals surface area contributed by atoms with Crippen LogP contribution in [-0.2, 0) is 4.79 Å².